The van der Waals surface area contributed by atoms with Crippen LogP contribution in [0.2, 0.25) is 0 Å². The van der Waals surface area contributed by atoms with Crippen LogP contribution in [-0.2, 0) is 10.0 Å². The van der Waals surface area contributed by atoms with Crippen LogP contribution < -0.4 is 0 Å². The second kappa shape index (κ2) is 3.36. The van der Waals surface area contributed by atoms with Gasteiger partial charge in [-0.25, -0.2) is 8.42 Å². The van der Waals surface area contributed by atoms with Gasteiger partial charge in [-0.15, -0.1) is 11.6 Å². The van der Waals surface area contributed by atoms with Gasteiger partial charge in [-0.3, -0.25) is 5.21 Å². The fourth-order valence-electron chi connectivity index (χ4n) is 0.230. The van der Waals surface area contributed by atoms with E-state index in [1.54, 1.807) is 0 Å². The minimum absolute atomic E-state index is 0.00671. The Kier molecular flexibility index (Phi) is 3.42. The maximum atomic E-state index is 10.5. The Balaban J connectivity index is 4.05. The Morgan fingerprint density at radius 1 is 1.67 bits per heavy atom. The lowest BCUT2D eigenvalue weighted by Crippen LogP contribution is -2.26. The predicted molar refractivity (Wildman–Crippen MR) is 34.1 cm³/mol. The van der Waals surface area contributed by atoms with Gasteiger partial charge in [0.25, 0.3) is 0 Å². The molecule has 0 bridgehead atoms. The second-order valence-corrected chi connectivity index (χ2v) is 3.92. The zero-order valence-corrected chi connectivity index (χ0v) is 6.48. The maximum absolute atomic E-state index is 10.5. The maximum Gasteiger partial charge on any atom is 0.236 e. The summed E-state index contributed by atoms with van der Waals surface area (Å²) in [5.41, 5.74) is 0. The lowest BCUT2D eigenvalue weighted by molar-refractivity contribution is 0.0312. The molecule has 0 aliphatic carbocycles. The van der Waals surface area contributed by atoms with Crippen LogP contribution in [0.1, 0.15) is 0 Å². The molecule has 0 heterocycles. The van der Waals surface area contributed by atoms with Gasteiger partial charge in [0.05, 0.1) is 5.75 Å². The third-order valence-electron chi connectivity index (χ3n) is 0.738. The zero-order chi connectivity index (χ0) is 7.49. The molecule has 0 unspecified atom stereocenters. The molecule has 0 aliphatic rings. The standard InChI is InChI=1S/C3H8ClNO3S/c1-5(6)9(7,8)3-2-4/h6H,2-3H2,1H3. The molecule has 0 atom stereocenters. The Labute approximate surface area is 59.0 Å². The van der Waals surface area contributed by atoms with Crippen molar-refractivity contribution < 1.29 is 13.6 Å². The summed E-state index contributed by atoms with van der Waals surface area (Å²) in [5.74, 6) is -0.241. The highest BCUT2D eigenvalue weighted by molar-refractivity contribution is 7.88. The van der Waals surface area contributed by atoms with Gasteiger partial charge >= 0.3 is 0 Å². The van der Waals surface area contributed by atoms with Gasteiger partial charge in [0.1, 0.15) is 0 Å². The van der Waals surface area contributed by atoms with E-state index in [0.29, 0.717) is 0 Å². The molecule has 0 saturated heterocycles. The lowest BCUT2D eigenvalue weighted by Gasteiger charge is -2.06. The average Bonchev–Trinajstić information content (AvgIpc) is 1.65. The highest BCUT2D eigenvalue weighted by Crippen LogP contribution is 1.93. The van der Waals surface area contributed by atoms with E-state index in [9.17, 15) is 8.42 Å². The van der Waals surface area contributed by atoms with E-state index in [0.717, 1.165) is 7.05 Å². The molecule has 0 fully saturated rings. The molecule has 0 aromatic rings. The molecule has 0 amide bonds. The number of alkyl halides is 1. The number of sulfonamides is 1. The second-order valence-electron chi connectivity index (χ2n) is 1.44. The normalized spacial score (nSPS) is 12.4. The summed E-state index contributed by atoms with van der Waals surface area (Å²) < 4.78 is 21.2. The van der Waals surface area contributed by atoms with E-state index in [-0.39, 0.29) is 16.1 Å². The highest BCUT2D eigenvalue weighted by atomic mass is 35.5. The van der Waals surface area contributed by atoms with Gasteiger partial charge in [0.15, 0.2) is 0 Å². The molecule has 56 valence electrons. The monoisotopic (exact) mass is 173 g/mol. The molecule has 0 rings (SSSR count). The van der Waals surface area contributed by atoms with Crippen LogP contribution in [0.3, 0.4) is 0 Å². The van der Waals surface area contributed by atoms with Crippen molar-refractivity contribution in [2.75, 3.05) is 18.7 Å². The number of nitrogens with zero attached hydrogens (tertiary/aromatic N) is 1. The lowest BCUT2D eigenvalue weighted by atomic mass is 11.0. The van der Waals surface area contributed by atoms with Crippen LogP contribution in [0, 0.1) is 0 Å². The number of hydroxylamine groups is 1. The van der Waals surface area contributed by atoms with Crippen molar-refractivity contribution in [1.82, 2.24) is 4.47 Å². The summed E-state index contributed by atoms with van der Waals surface area (Å²) in [6.45, 7) is 0. The molecule has 0 aliphatic heterocycles. The molecule has 4 nitrogen and oxygen atoms in total. The Hall–Kier alpha value is 0.160. The summed E-state index contributed by atoms with van der Waals surface area (Å²) in [6, 6.07) is 0. The van der Waals surface area contributed by atoms with Crippen molar-refractivity contribution in [3.63, 3.8) is 0 Å². The van der Waals surface area contributed by atoms with Crippen LogP contribution >= 0.6 is 11.6 Å². The first kappa shape index (κ1) is 9.16. The first-order valence-electron chi connectivity index (χ1n) is 2.22. The first-order valence-corrected chi connectivity index (χ1v) is 4.36. The number of rotatable bonds is 3. The van der Waals surface area contributed by atoms with Gasteiger partial charge in [-0.1, -0.05) is 4.47 Å². The van der Waals surface area contributed by atoms with Crippen molar-refractivity contribution in [2.45, 2.75) is 0 Å². The van der Waals surface area contributed by atoms with Gasteiger partial charge in [-0.2, -0.15) is 0 Å². The van der Waals surface area contributed by atoms with Crippen LogP contribution in [-0.4, -0.2) is 36.8 Å². The molecule has 0 aromatic carbocycles. The van der Waals surface area contributed by atoms with Gasteiger partial charge in [0, 0.05) is 12.9 Å². The number of halogens is 1. The number of hydrogen-bond donors (Lipinski definition) is 1. The van der Waals surface area contributed by atoms with Crippen molar-refractivity contribution in [3.8, 4) is 0 Å². The molecule has 0 saturated carbocycles. The molecular formula is C3H8ClNO3S. The van der Waals surface area contributed by atoms with Crippen LogP contribution in [0.15, 0.2) is 0 Å². The zero-order valence-electron chi connectivity index (χ0n) is 4.91. The topological polar surface area (TPSA) is 57.6 Å². The van der Waals surface area contributed by atoms with Gasteiger partial charge in [-0.05, 0) is 0 Å². The Morgan fingerprint density at radius 3 is 2.22 bits per heavy atom. The quantitative estimate of drug-likeness (QED) is 0.478. The largest absolute Gasteiger partial charge is 0.300 e. The van der Waals surface area contributed by atoms with Crippen molar-refractivity contribution >= 4 is 21.6 Å². The fourth-order valence-corrected chi connectivity index (χ4v) is 1.27. The SMILES string of the molecule is CN(O)S(=O)(=O)CCCl. The minimum Gasteiger partial charge on any atom is -0.300 e. The van der Waals surface area contributed by atoms with Crippen LogP contribution in [0.4, 0.5) is 0 Å². The van der Waals surface area contributed by atoms with E-state index in [4.69, 9.17) is 16.8 Å². The summed E-state index contributed by atoms with van der Waals surface area (Å²) >= 11 is 5.11. The van der Waals surface area contributed by atoms with Gasteiger partial charge < -0.3 is 0 Å². The van der Waals surface area contributed by atoms with E-state index in [1.165, 1.54) is 0 Å². The third-order valence-corrected chi connectivity index (χ3v) is 2.68. The molecule has 1 N–H and O–H groups in total. The summed E-state index contributed by atoms with van der Waals surface area (Å²) in [7, 11) is -2.45. The highest BCUT2D eigenvalue weighted by Gasteiger charge is 2.13. The van der Waals surface area contributed by atoms with Crippen LogP contribution in [0.25, 0.3) is 0 Å². The molecular weight excluding hydrogens is 166 g/mol. The predicted octanol–water partition coefficient (Wildman–Crippen LogP) is -0.124. The van der Waals surface area contributed by atoms with Gasteiger partial charge in [0.2, 0.25) is 10.0 Å². The summed E-state index contributed by atoms with van der Waals surface area (Å²) in [6.07, 6.45) is 0. The third kappa shape index (κ3) is 3.00. The fraction of sp³-hybridized carbons (Fsp3) is 1.00. The van der Waals surface area contributed by atoms with Crippen LogP contribution in [0.5, 0.6) is 0 Å². The van der Waals surface area contributed by atoms with E-state index >= 15 is 0 Å². The van der Waals surface area contributed by atoms with Crippen molar-refractivity contribution in [1.29, 1.82) is 0 Å². The molecule has 0 radical (unpaired) electrons. The molecule has 0 spiro atoms. The minimum atomic E-state index is -3.49. The Bertz CT molecular complexity index is 164. The van der Waals surface area contributed by atoms with E-state index in [2.05, 4.69) is 0 Å². The van der Waals surface area contributed by atoms with Crippen molar-refractivity contribution in [3.05, 3.63) is 0 Å². The Morgan fingerprint density at radius 2 is 2.11 bits per heavy atom. The van der Waals surface area contributed by atoms with E-state index in [1.807, 2.05) is 0 Å². The van der Waals surface area contributed by atoms with Crippen molar-refractivity contribution in [2.24, 2.45) is 0 Å². The number of hydrogen-bond acceptors (Lipinski definition) is 3. The summed E-state index contributed by atoms with van der Waals surface area (Å²) in [5, 5.41) is 8.40. The van der Waals surface area contributed by atoms with E-state index < -0.39 is 10.0 Å². The summed E-state index contributed by atoms with van der Waals surface area (Å²) in [4.78, 5) is 0. The molecule has 0 aromatic heterocycles. The molecule has 9 heavy (non-hydrogen) atoms. The smallest absolute Gasteiger partial charge is 0.236 e. The average molecular weight is 174 g/mol. The first-order chi connectivity index (χ1) is 4.00. The molecule has 6 heteroatoms.